The molecule has 2 N–H and O–H groups in total. The molecule has 5 heteroatoms. The average Bonchev–Trinajstić information content (AvgIpc) is 2.84. The van der Waals surface area contributed by atoms with Crippen LogP contribution in [0.2, 0.25) is 0 Å². The lowest BCUT2D eigenvalue weighted by Crippen LogP contribution is -2.39. The molecule has 1 amide bonds. The molecule has 2 aliphatic rings. The Kier molecular flexibility index (Phi) is 3.46. The Hall–Kier alpha value is -1.49. The molecule has 1 aliphatic carbocycles. The van der Waals surface area contributed by atoms with E-state index in [9.17, 15) is 4.79 Å². The molecule has 19 heavy (non-hydrogen) atoms. The maximum absolute atomic E-state index is 12.3. The minimum Gasteiger partial charge on any atom is -0.336 e. The zero-order chi connectivity index (χ0) is 13.2. The number of fused-ring (bicyclic) bond motifs is 1. The van der Waals surface area contributed by atoms with E-state index in [1.807, 2.05) is 11.1 Å². The van der Waals surface area contributed by atoms with Crippen molar-refractivity contribution in [1.29, 1.82) is 0 Å². The van der Waals surface area contributed by atoms with E-state index in [1.54, 1.807) is 6.33 Å². The highest BCUT2D eigenvalue weighted by molar-refractivity contribution is 5.76. The summed E-state index contributed by atoms with van der Waals surface area (Å²) in [6.07, 6.45) is 8.19. The molecule has 0 spiro atoms. The topological polar surface area (TPSA) is 72.1 Å². The molecule has 5 nitrogen and oxygen atoms in total. The molecule has 2 heterocycles. The summed E-state index contributed by atoms with van der Waals surface area (Å²) in [5, 5.41) is 0. The summed E-state index contributed by atoms with van der Waals surface area (Å²) >= 11 is 0. The molecule has 0 aromatic carbocycles. The predicted octanol–water partition coefficient (Wildman–Crippen LogP) is 0.879. The second kappa shape index (κ2) is 5.25. The van der Waals surface area contributed by atoms with Gasteiger partial charge in [-0.1, -0.05) is 6.42 Å². The molecule has 102 valence electrons. The minimum absolute atomic E-state index is 0.211. The molecule has 1 aliphatic heterocycles. The van der Waals surface area contributed by atoms with Crippen molar-refractivity contribution in [3.05, 3.63) is 23.8 Å². The van der Waals surface area contributed by atoms with E-state index in [1.165, 1.54) is 5.56 Å². The van der Waals surface area contributed by atoms with E-state index in [2.05, 4.69) is 9.97 Å². The molecule has 0 unspecified atom stereocenters. The van der Waals surface area contributed by atoms with E-state index in [4.69, 9.17) is 5.73 Å². The lowest BCUT2D eigenvalue weighted by Gasteiger charge is -2.29. The Morgan fingerprint density at radius 2 is 2.37 bits per heavy atom. The number of carbonyl (C=O) groups is 1. The van der Waals surface area contributed by atoms with Crippen LogP contribution in [0.1, 0.15) is 36.9 Å². The van der Waals surface area contributed by atoms with Crippen molar-refractivity contribution in [1.82, 2.24) is 14.9 Å². The summed E-state index contributed by atoms with van der Waals surface area (Å²) in [6, 6.07) is 0.211. The molecule has 1 fully saturated rings. The van der Waals surface area contributed by atoms with Crippen LogP contribution >= 0.6 is 0 Å². The summed E-state index contributed by atoms with van der Waals surface area (Å²) in [4.78, 5) is 22.6. The number of hydrogen-bond acceptors (Lipinski definition) is 4. The van der Waals surface area contributed by atoms with Gasteiger partial charge in [0.15, 0.2) is 0 Å². The van der Waals surface area contributed by atoms with Crippen molar-refractivity contribution >= 4 is 5.91 Å². The standard InChI is InChI=1S/C14H20N4O/c15-12-3-1-2-10(12)6-14(19)18-5-4-11-7-16-9-17-13(11)8-18/h7,9-10,12H,1-6,8,15H2/t10-,12+/m0/s1. The first kappa shape index (κ1) is 12.5. The summed E-state index contributed by atoms with van der Waals surface area (Å²) in [6.45, 7) is 1.40. The smallest absolute Gasteiger partial charge is 0.223 e. The van der Waals surface area contributed by atoms with Crippen LogP contribution in [0.15, 0.2) is 12.5 Å². The van der Waals surface area contributed by atoms with Gasteiger partial charge in [0.1, 0.15) is 6.33 Å². The van der Waals surface area contributed by atoms with Crippen molar-refractivity contribution in [3.8, 4) is 0 Å². The van der Waals surface area contributed by atoms with Gasteiger partial charge >= 0.3 is 0 Å². The predicted molar refractivity (Wildman–Crippen MR) is 71.1 cm³/mol. The fourth-order valence-corrected chi connectivity index (χ4v) is 3.14. The third kappa shape index (κ3) is 2.61. The first-order chi connectivity index (χ1) is 9.24. The Morgan fingerprint density at radius 1 is 1.47 bits per heavy atom. The van der Waals surface area contributed by atoms with Gasteiger partial charge in [-0.3, -0.25) is 4.79 Å². The molecule has 0 bridgehead atoms. The molecular weight excluding hydrogens is 240 g/mol. The lowest BCUT2D eigenvalue weighted by atomic mass is 9.98. The second-order valence-electron chi connectivity index (χ2n) is 5.62. The molecule has 1 aromatic heterocycles. The zero-order valence-electron chi connectivity index (χ0n) is 11.1. The number of carbonyl (C=O) groups excluding carboxylic acids is 1. The molecule has 3 rings (SSSR count). The van der Waals surface area contributed by atoms with Gasteiger partial charge in [-0.15, -0.1) is 0 Å². The highest BCUT2D eigenvalue weighted by Crippen LogP contribution is 2.28. The Balaban J connectivity index is 1.63. The van der Waals surface area contributed by atoms with Crippen molar-refractivity contribution in [2.24, 2.45) is 11.7 Å². The summed E-state index contributed by atoms with van der Waals surface area (Å²) in [5.41, 5.74) is 8.20. The Bertz CT molecular complexity index is 476. The van der Waals surface area contributed by atoms with Crippen LogP contribution in [0.3, 0.4) is 0 Å². The highest BCUT2D eigenvalue weighted by Gasteiger charge is 2.29. The van der Waals surface area contributed by atoms with Crippen LogP contribution in [-0.4, -0.2) is 33.4 Å². The molecule has 1 saturated carbocycles. The normalized spacial score (nSPS) is 26.3. The summed E-state index contributed by atoms with van der Waals surface area (Å²) in [7, 11) is 0. The zero-order valence-corrected chi connectivity index (χ0v) is 11.1. The van der Waals surface area contributed by atoms with Gasteiger partial charge in [0.05, 0.1) is 12.2 Å². The fraction of sp³-hybridized carbons (Fsp3) is 0.643. The quantitative estimate of drug-likeness (QED) is 0.856. The Morgan fingerprint density at radius 3 is 3.16 bits per heavy atom. The van der Waals surface area contributed by atoms with Gasteiger partial charge in [-0.25, -0.2) is 9.97 Å². The number of nitrogens with two attached hydrogens (primary N) is 1. The van der Waals surface area contributed by atoms with Crippen molar-refractivity contribution < 1.29 is 4.79 Å². The SMILES string of the molecule is N[C@@H]1CCC[C@H]1CC(=O)N1CCc2cncnc2C1. The lowest BCUT2D eigenvalue weighted by molar-refractivity contribution is -0.133. The fourth-order valence-electron chi connectivity index (χ4n) is 3.14. The van der Waals surface area contributed by atoms with Gasteiger partial charge < -0.3 is 10.6 Å². The molecule has 0 radical (unpaired) electrons. The van der Waals surface area contributed by atoms with Gasteiger partial charge in [0.2, 0.25) is 5.91 Å². The minimum atomic E-state index is 0.211. The monoisotopic (exact) mass is 260 g/mol. The van der Waals surface area contributed by atoms with Crippen molar-refractivity contribution in [2.75, 3.05) is 6.54 Å². The van der Waals surface area contributed by atoms with E-state index >= 15 is 0 Å². The maximum atomic E-state index is 12.3. The van der Waals surface area contributed by atoms with Crippen molar-refractivity contribution in [3.63, 3.8) is 0 Å². The first-order valence-electron chi connectivity index (χ1n) is 7.05. The highest BCUT2D eigenvalue weighted by atomic mass is 16.2. The maximum Gasteiger partial charge on any atom is 0.223 e. The van der Waals surface area contributed by atoms with E-state index in [0.29, 0.717) is 18.9 Å². The molecule has 2 atom stereocenters. The average molecular weight is 260 g/mol. The number of aromatic nitrogens is 2. The molecule has 0 saturated heterocycles. The second-order valence-corrected chi connectivity index (χ2v) is 5.62. The number of hydrogen-bond donors (Lipinski definition) is 1. The van der Waals surface area contributed by atoms with Crippen molar-refractivity contribution in [2.45, 2.75) is 44.7 Å². The molecular formula is C14H20N4O. The van der Waals surface area contributed by atoms with E-state index < -0.39 is 0 Å². The first-order valence-corrected chi connectivity index (χ1v) is 7.05. The van der Waals surface area contributed by atoms with E-state index in [-0.39, 0.29) is 11.9 Å². The van der Waals surface area contributed by atoms with Gasteiger partial charge in [0.25, 0.3) is 0 Å². The van der Waals surface area contributed by atoms with E-state index in [0.717, 1.165) is 37.9 Å². The van der Waals surface area contributed by atoms with Crippen LogP contribution in [0.5, 0.6) is 0 Å². The van der Waals surface area contributed by atoms with Gasteiger partial charge in [0, 0.05) is 25.2 Å². The summed E-state index contributed by atoms with van der Waals surface area (Å²) < 4.78 is 0. The van der Waals surface area contributed by atoms with Crippen LogP contribution < -0.4 is 5.73 Å². The largest absolute Gasteiger partial charge is 0.336 e. The van der Waals surface area contributed by atoms with Crippen LogP contribution in [0, 0.1) is 5.92 Å². The third-order valence-corrected chi connectivity index (χ3v) is 4.38. The number of amides is 1. The number of nitrogens with zero attached hydrogens (tertiary/aromatic N) is 3. The van der Waals surface area contributed by atoms with Crippen LogP contribution in [-0.2, 0) is 17.8 Å². The third-order valence-electron chi connectivity index (χ3n) is 4.38. The van der Waals surface area contributed by atoms with Gasteiger partial charge in [-0.05, 0) is 30.7 Å². The number of rotatable bonds is 2. The molecule has 1 aromatic rings. The Labute approximate surface area is 113 Å². The van der Waals surface area contributed by atoms with Crippen LogP contribution in [0.4, 0.5) is 0 Å². The van der Waals surface area contributed by atoms with Gasteiger partial charge in [-0.2, -0.15) is 0 Å². The van der Waals surface area contributed by atoms with Crippen LogP contribution in [0.25, 0.3) is 0 Å². The summed E-state index contributed by atoms with van der Waals surface area (Å²) in [5.74, 6) is 0.603.